The van der Waals surface area contributed by atoms with Gasteiger partial charge in [0.1, 0.15) is 0 Å². The number of aryl methyl sites for hydroxylation is 3. The van der Waals surface area contributed by atoms with Crippen LogP contribution >= 0.6 is 0 Å². The van der Waals surface area contributed by atoms with Crippen molar-refractivity contribution in [2.45, 2.75) is 27.3 Å². The van der Waals surface area contributed by atoms with Crippen molar-refractivity contribution in [3.8, 4) is 5.69 Å². The molecule has 2 heteroatoms. The number of rotatable bonds is 2. The quantitative estimate of drug-likeness (QED) is 0.818. The van der Waals surface area contributed by atoms with Gasteiger partial charge in [-0.1, -0.05) is 17.7 Å². The van der Waals surface area contributed by atoms with Crippen LogP contribution < -0.4 is 5.73 Å². The largest absolute Gasteiger partial charge is 0.325 e. The van der Waals surface area contributed by atoms with Crippen LogP contribution in [-0.2, 0) is 6.54 Å². The highest BCUT2D eigenvalue weighted by Crippen LogP contribution is 2.22. The van der Waals surface area contributed by atoms with Gasteiger partial charge in [-0.25, -0.2) is 0 Å². The van der Waals surface area contributed by atoms with E-state index in [1.807, 2.05) is 6.07 Å². The summed E-state index contributed by atoms with van der Waals surface area (Å²) in [6.45, 7) is 6.99. The summed E-state index contributed by atoms with van der Waals surface area (Å²) < 4.78 is 2.18. The first-order chi connectivity index (χ1) is 7.63. The molecule has 0 saturated carbocycles. The summed E-state index contributed by atoms with van der Waals surface area (Å²) in [5, 5.41) is 0. The Balaban J connectivity index is 2.64. The van der Waals surface area contributed by atoms with Crippen LogP contribution in [0.4, 0.5) is 0 Å². The van der Waals surface area contributed by atoms with Gasteiger partial charge in [-0.2, -0.15) is 0 Å². The van der Waals surface area contributed by atoms with Crippen LogP contribution in [0.5, 0.6) is 0 Å². The van der Waals surface area contributed by atoms with Crippen LogP contribution in [0.2, 0.25) is 0 Å². The van der Waals surface area contributed by atoms with E-state index in [0.717, 1.165) is 5.69 Å². The molecule has 0 aliphatic heterocycles. The van der Waals surface area contributed by atoms with Gasteiger partial charge in [-0.3, -0.25) is 0 Å². The van der Waals surface area contributed by atoms with Gasteiger partial charge in [0, 0.05) is 18.4 Å². The lowest BCUT2D eigenvalue weighted by Gasteiger charge is -2.15. The summed E-state index contributed by atoms with van der Waals surface area (Å²) >= 11 is 0. The Hall–Kier alpha value is -1.54. The standard InChI is InChI=1S/C14H18N2/c1-10-7-11(2)14(12(3)8-10)16-6-4-5-13(16)9-15/h4-8H,9,15H2,1-3H3. The Labute approximate surface area is 96.7 Å². The lowest BCUT2D eigenvalue weighted by atomic mass is 10.0. The molecule has 0 radical (unpaired) electrons. The first-order valence-electron chi connectivity index (χ1n) is 5.58. The fourth-order valence-electron chi connectivity index (χ4n) is 2.35. The molecule has 0 unspecified atom stereocenters. The zero-order chi connectivity index (χ0) is 11.7. The summed E-state index contributed by atoms with van der Waals surface area (Å²) in [6.07, 6.45) is 2.08. The SMILES string of the molecule is Cc1cc(C)c(-n2cccc2CN)c(C)c1. The van der Waals surface area contributed by atoms with Crippen molar-refractivity contribution in [3.05, 3.63) is 52.8 Å². The first kappa shape index (κ1) is 11.0. The minimum atomic E-state index is 0.569. The number of hydrogen-bond acceptors (Lipinski definition) is 1. The van der Waals surface area contributed by atoms with E-state index in [-0.39, 0.29) is 0 Å². The molecule has 0 bridgehead atoms. The number of nitrogens with zero attached hydrogens (tertiary/aromatic N) is 1. The van der Waals surface area contributed by atoms with E-state index < -0.39 is 0 Å². The monoisotopic (exact) mass is 214 g/mol. The van der Waals surface area contributed by atoms with Crippen molar-refractivity contribution < 1.29 is 0 Å². The second-order valence-corrected chi connectivity index (χ2v) is 4.32. The van der Waals surface area contributed by atoms with Gasteiger partial charge < -0.3 is 10.3 Å². The Morgan fingerprint density at radius 1 is 1.12 bits per heavy atom. The highest BCUT2D eigenvalue weighted by Gasteiger charge is 2.08. The maximum Gasteiger partial charge on any atom is 0.0511 e. The van der Waals surface area contributed by atoms with Crippen LogP contribution in [0.1, 0.15) is 22.4 Å². The zero-order valence-electron chi connectivity index (χ0n) is 10.1. The average molecular weight is 214 g/mol. The maximum atomic E-state index is 5.74. The highest BCUT2D eigenvalue weighted by atomic mass is 15.0. The number of hydrogen-bond donors (Lipinski definition) is 1. The summed E-state index contributed by atoms with van der Waals surface area (Å²) in [6, 6.07) is 8.53. The molecule has 0 spiro atoms. The van der Waals surface area contributed by atoms with E-state index in [2.05, 4.69) is 49.7 Å². The van der Waals surface area contributed by atoms with Gasteiger partial charge in [-0.15, -0.1) is 0 Å². The zero-order valence-corrected chi connectivity index (χ0v) is 10.1. The molecule has 0 amide bonds. The van der Waals surface area contributed by atoms with Crippen LogP contribution in [0.25, 0.3) is 5.69 Å². The van der Waals surface area contributed by atoms with E-state index in [9.17, 15) is 0 Å². The fraction of sp³-hybridized carbons (Fsp3) is 0.286. The van der Waals surface area contributed by atoms with Crippen molar-refractivity contribution in [2.24, 2.45) is 5.73 Å². The van der Waals surface area contributed by atoms with E-state index in [0.29, 0.717) is 6.54 Å². The molecule has 0 saturated heterocycles. The predicted octanol–water partition coefficient (Wildman–Crippen LogP) is 2.86. The lowest BCUT2D eigenvalue weighted by molar-refractivity contribution is 0.899. The molecule has 1 heterocycles. The van der Waals surface area contributed by atoms with Crippen LogP contribution in [0.15, 0.2) is 30.5 Å². The lowest BCUT2D eigenvalue weighted by Crippen LogP contribution is -2.07. The molecule has 1 aromatic heterocycles. The molecule has 16 heavy (non-hydrogen) atoms. The number of nitrogens with two attached hydrogens (primary N) is 1. The Bertz CT molecular complexity index is 486. The highest BCUT2D eigenvalue weighted by molar-refractivity contribution is 5.50. The van der Waals surface area contributed by atoms with Gasteiger partial charge in [0.05, 0.1) is 5.69 Å². The second kappa shape index (κ2) is 4.14. The third kappa shape index (κ3) is 1.76. The number of benzene rings is 1. The average Bonchev–Trinajstić information content (AvgIpc) is 2.64. The fourth-order valence-corrected chi connectivity index (χ4v) is 2.35. The molecule has 2 rings (SSSR count). The maximum absolute atomic E-state index is 5.74. The molecule has 2 nitrogen and oxygen atoms in total. The second-order valence-electron chi connectivity index (χ2n) is 4.32. The third-order valence-corrected chi connectivity index (χ3v) is 2.92. The van der Waals surface area contributed by atoms with Gasteiger partial charge in [0.25, 0.3) is 0 Å². The van der Waals surface area contributed by atoms with E-state index in [1.165, 1.54) is 22.4 Å². The normalized spacial score (nSPS) is 10.8. The van der Waals surface area contributed by atoms with Gasteiger partial charge in [0.15, 0.2) is 0 Å². The minimum Gasteiger partial charge on any atom is -0.325 e. The Morgan fingerprint density at radius 3 is 2.31 bits per heavy atom. The van der Waals surface area contributed by atoms with Crippen LogP contribution in [0.3, 0.4) is 0 Å². The minimum absolute atomic E-state index is 0.569. The van der Waals surface area contributed by atoms with Crippen molar-refractivity contribution in [3.63, 3.8) is 0 Å². The van der Waals surface area contributed by atoms with Crippen molar-refractivity contribution in [2.75, 3.05) is 0 Å². The van der Waals surface area contributed by atoms with Crippen molar-refractivity contribution in [1.82, 2.24) is 4.57 Å². The molecule has 0 aliphatic rings. The summed E-state index contributed by atoms with van der Waals surface area (Å²) in [5.41, 5.74) is 12.0. The first-order valence-corrected chi connectivity index (χ1v) is 5.58. The van der Waals surface area contributed by atoms with Gasteiger partial charge in [0.2, 0.25) is 0 Å². The topological polar surface area (TPSA) is 30.9 Å². The van der Waals surface area contributed by atoms with Crippen LogP contribution in [-0.4, -0.2) is 4.57 Å². The summed E-state index contributed by atoms with van der Waals surface area (Å²) in [7, 11) is 0. The van der Waals surface area contributed by atoms with E-state index in [4.69, 9.17) is 5.73 Å². The third-order valence-electron chi connectivity index (χ3n) is 2.92. The molecule has 1 aromatic carbocycles. The summed E-state index contributed by atoms with van der Waals surface area (Å²) in [5.74, 6) is 0. The van der Waals surface area contributed by atoms with E-state index in [1.54, 1.807) is 0 Å². The van der Waals surface area contributed by atoms with Crippen molar-refractivity contribution in [1.29, 1.82) is 0 Å². The molecule has 2 N–H and O–H groups in total. The summed E-state index contributed by atoms with van der Waals surface area (Å²) in [4.78, 5) is 0. The van der Waals surface area contributed by atoms with E-state index >= 15 is 0 Å². The predicted molar refractivity (Wildman–Crippen MR) is 67.9 cm³/mol. The molecule has 0 fully saturated rings. The van der Waals surface area contributed by atoms with Gasteiger partial charge in [-0.05, 0) is 44.0 Å². The van der Waals surface area contributed by atoms with Crippen LogP contribution in [0, 0.1) is 20.8 Å². The van der Waals surface area contributed by atoms with Crippen molar-refractivity contribution >= 4 is 0 Å². The molecule has 84 valence electrons. The Morgan fingerprint density at radius 2 is 1.75 bits per heavy atom. The number of aromatic nitrogens is 1. The molecule has 0 aliphatic carbocycles. The Kier molecular flexibility index (Phi) is 2.84. The molecule has 0 atom stereocenters. The molecule has 2 aromatic rings. The molecular formula is C14H18N2. The smallest absolute Gasteiger partial charge is 0.0511 e. The van der Waals surface area contributed by atoms with Gasteiger partial charge >= 0.3 is 0 Å². The molecular weight excluding hydrogens is 196 g/mol.